The van der Waals surface area contributed by atoms with Crippen molar-refractivity contribution in [1.82, 2.24) is 25.8 Å². The highest BCUT2D eigenvalue weighted by Crippen LogP contribution is 2.19. The van der Waals surface area contributed by atoms with Gasteiger partial charge >= 0.3 is 6.03 Å². The van der Waals surface area contributed by atoms with Crippen molar-refractivity contribution < 1.29 is 9.59 Å². The first-order valence-electron chi connectivity index (χ1n) is 8.68. The summed E-state index contributed by atoms with van der Waals surface area (Å²) < 4.78 is 0. The number of aromatic nitrogens is 1. The molecule has 1 aliphatic rings. The number of hydrogen-bond acceptors (Lipinski definition) is 3. The van der Waals surface area contributed by atoms with Crippen LogP contribution in [0, 0.1) is 6.92 Å². The van der Waals surface area contributed by atoms with E-state index in [2.05, 4.69) is 51.0 Å². The van der Waals surface area contributed by atoms with E-state index in [-0.39, 0.29) is 42.5 Å². The van der Waals surface area contributed by atoms with Gasteiger partial charge in [-0.3, -0.25) is 14.7 Å². The van der Waals surface area contributed by atoms with Crippen molar-refractivity contribution in [3.63, 3.8) is 0 Å². The molecule has 8 nitrogen and oxygen atoms in total. The monoisotopic (exact) mass is 484 g/mol. The summed E-state index contributed by atoms with van der Waals surface area (Å²) in [7, 11) is 1.69. The van der Waals surface area contributed by atoms with Crippen molar-refractivity contribution in [2.45, 2.75) is 13.3 Å². The molecule has 1 fully saturated rings. The van der Waals surface area contributed by atoms with Crippen LogP contribution in [0.15, 0.2) is 29.4 Å². The lowest BCUT2D eigenvalue weighted by Gasteiger charge is -2.15. The maximum atomic E-state index is 11.5. The van der Waals surface area contributed by atoms with Gasteiger partial charge in [0.05, 0.1) is 6.54 Å². The van der Waals surface area contributed by atoms with Gasteiger partial charge in [0, 0.05) is 43.8 Å². The summed E-state index contributed by atoms with van der Waals surface area (Å²) in [6.07, 6.45) is 2.90. The van der Waals surface area contributed by atoms with Crippen LogP contribution in [0.5, 0.6) is 0 Å². The van der Waals surface area contributed by atoms with Crippen LogP contribution in [0.1, 0.15) is 11.1 Å². The fraction of sp³-hybridized carbons (Fsp3) is 0.389. The van der Waals surface area contributed by atoms with Gasteiger partial charge in [0.15, 0.2) is 5.96 Å². The largest absolute Gasteiger partial charge is 0.361 e. The van der Waals surface area contributed by atoms with Gasteiger partial charge in [-0.1, -0.05) is 12.1 Å². The summed E-state index contributed by atoms with van der Waals surface area (Å²) in [4.78, 5) is 31.7. The number of nitrogens with one attached hydrogen (secondary N) is 4. The van der Waals surface area contributed by atoms with Gasteiger partial charge in [-0.25, -0.2) is 4.79 Å². The minimum atomic E-state index is -0.339. The minimum absolute atomic E-state index is 0. The maximum Gasteiger partial charge on any atom is 0.324 e. The standard InChI is InChI=1S/C18H24N6O2.HI/c1-12-3-4-14-13(10-22-15(14)9-12)5-6-20-17(19-2)21-7-8-24-16(25)11-23-18(24)26;/h3-4,9-10,22H,5-8,11H2,1-2H3,(H,23,26)(H2,19,20,21);1H. The average molecular weight is 484 g/mol. The third-order valence-electron chi connectivity index (χ3n) is 4.40. The van der Waals surface area contributed by atoms with E-state index in [4.69, 9.17) is 0 Å². The lowest BCUT2D eigenvalue weighted by atomic mass is 10.1. The van der Waals surface area contributed by atoms with E-state index < -0.39 is 0 Å². The molecule has 0 aliphatic carbocycles. The number of rotatable bonds is 6. The molecule has 3 rings (SSSR count). The molecule has 1 aromatic heterocycles. The molecule has 0 saturated carbocycles. The SMILES string of the molecule is CN=C(NCCc1c[nH]c2cc(C)ccc12)NCCN1C(=O)CNC1=O.I. The Morgan fingerprint density at radius 3 is 2.74 bits per heavy atom. The third-order valence-corrected chi connectivity index (χ3v) is 4.40. The molecule has 1 saturated heterocycles. The predicted octanol–water partition coefficient (Wildman–Crippen LogP) is 1.35. The highest BCUT2D eigenvalue weighted by Gasteiger charge is 2.27. The second kappa shape index (κ2) is 9.58. The fourth-order valence-electron chi connectivity index (χ4n) is 3.01. The van der Waals surface area contributed by atoms with Crippen molar-refractivity contribution in [3.05, 3.63) is 35.5 Å². The number of carbonyl (C=O) groups is 2. The second-order valence-corrected chi connectivity index (χ2v) is 6.24. The summed E-state index contributed by atoms with van der Waals surface area (Å²) in [5.41, 5.74) is 3.64. The van der Waals surface area contributed by atoms with Crippen molar-refractivity contribution in [2.75, 3.05) is 33.2 Å². The van der Waals surface area contributed by atoms with Crippen molar-refractivity contribution in [3.8, 4) is 0 Å². The number of H-pyrrole nitrogens is 1. The Bertz CT molecular complexity index is 831. The number of aryl methyl sites for hydroxylation is 1. The molecule has 3 amide bonds. The zero-order chi connectivity index (χ0) is 18.5. The summed E-state index contributed by atoms with van der Waals surface area (Å²) in [5, 5.41) is 10.1. The first kappa shape index (κ1) is 21.0. The number of urea groups is 1. The number of aromatic amines is 1. The summed E-state index contributed by atoms with van der Waals surface area (Å²) in [6, 6.07) is 6.06. The number of halogens is 1. The van der Waals surface area contributed by atoms with E-state index in [9.17, 15) is 9.59 Å². The minimum Gasteiger partial charge on any atom is -0.361 e. The van der Waals surface area contributed by atoms with E-state index >= 15 is 0 Å². The van der Waals surface area contributed by atoms with Crippen LogP contribution in [0.2, 0.25) is 0 Å². The maximum absolute atomic E-state index is 11.5. The molecule has 0 atom stereocenters. The number of amides is 3. The van der Waals surface area contributed by atoms with Gasteiger partial charge in [0.1, 0.15) is 0 Å². The van der Waals surface area contributed by atoms with Crippen molar-refractivity contribution >= 4 is 52.8 Å². The molecule has 0 spiro atoms. The van der Waals surface area contributed by atoms with Crippen LogP contribution < -0.4 is 16.0 Å². The van der Waals surface area contributed by atoms with Crippen LogP contribution in [0.3, 0.4) is 0 Å². The summed E-state index contributed by atoms with van der Waals surface area (Å²) >= 11 is 0. The molecular formula is C18H25IN6O2. The van der Waals surface area contributed by atoms with Crippen LogP contribution in [0.4, 0.5) is 4.79 Å². The first-order valence-corrected chi connectivity index (χ1v) is 8.68. The molecule has 9 heteroatoms. The van der Waals surface area contributed by atoms with E-state index in [1.807, 2.05) is 6.20 Å². The lowest BCUT2D eigenvalue weighted by Crippen LogP contribution is -2.43. The van der Waals surface area contributed by atoms with Gasteiger partial charge < -0.3 is 20.9 Å². The molecule has 1 aromatic carbocycles. The zero-order valence-corrected chi connectivity index (χ0v) is 17.8. The number of aliphatic imine (C=N–C) groups is 1. The lowest BCUT2D eigenvalue weighted by molar-refractivity contribution is -0.124. The van der Waals surface area contributed by atoms with Crippen LogP contribution >= 0.6 is 24.0 Å². The molecule has 0 unspecified atom stereocenters. The highest BCUT2D eigenvalue weighted by molar-refractivity contribution is 14.0. The van der Waals surface area contributed by atoms with E-state index in [0.717, 1.165) is 18.5 Å². The van der Waals surface area contributed by atoms with Crippen molar-refractivity contribution in [2.24, 2.45) is 4.99 Å². The van der Waals surface area contributed by atoms with Gasteiger partial charge in [-0.2, -0.15) is 0 Å². The van der Waals surface area contributed by atoms with Gasteiger partial charge in [0.2, 0.25) is 5.91 Å². The zero-order valence-electron chi connectivity index (χ0n) is 15.5. The molecule has 2 aromatic rings. The Labute approximate surface area is 175 Å². The molecule has 27 heavy (non-hydrogen) atoms. The number of nitrogens with zero attached hydrogens (tertiary/aromatic N) is 2. The highest BCUT2D eigenvalue weighted by atomic mass is 127. The van der Waals surface area contributed by atoms with E-state index in [0.29, 0.717) is 19.0 Å². The second-order valence-electron chi connectivity index (χ2n) is 6.24. The molecule has 1 aliphatic heterocycles. The Morgan fingerprint density at radius 1 is 1.26 bits per heavy atom. The number of fused-ring (bicyclic) bond motifs is 1. The van der Waals surface area contributed by atoms with Crippen LogP contribution in [-0.2, 0) is 11.2 Å². The van der Waals surface area contributed by atoms with Gasteiger partial charge in [-0.05, 0) is 30.5 Å². The Morgan fingerprint density at radius 2 is 2.04 bits per heavy atom. The summed E-state index contributed by atoms with van der Waals surface area (Å²) in [5.74, 6) is 0.446. The molecule has 4 N–H and O–H groups in total. The smallest absolute Gasteiger partial charge is 0.324 e. The number of imide groups is 1. The van der Waals surface area contributed by atoms with Gasteiger partial charge in [0.25, 0.3) is 0 Å². The Hall–Kier alpha value is -2.30. The average Bonchev–Trinajstić information content (AvgIpc) is 3.17. The quantitative estimate of drug-likeness (QED) is 0.215. The van der Waals surface area contributed by atoms with Crippen LogP contribution in [-0.4, -0.2) is 61.0 Å². The summed E-state index contributed by atoms with van der Waals surface area (Å²) in [6.45, 7) is 3.65. The Kier molecular flexibility index (Phi) is 7.45. The number of guanidine groups is 1. The molecule has 0 radical (unpaired) electrons. The molecule has 0 bridgehead atoms. The van der Waals surface area contributed by atoms with Crippen molar-refractivity contribution in [1.29, 1.82) is 0 Å². The normalized spacial score (nSPS) is 14.3. The van der Waals surface area contributed by atoms with Crippen LogP contribution in [0.25, 0.3) is 10.9 Å². The predicted molar refractivity (Wildman–Crippen MR) is 117 cm³/mol. The van der Waals surface area contributed by atoms with E-state index in [1.165, 1.54) is 21.4 Å². The topological polar surface area (TPSA) is 102 Å². The number of carbonyl (C=O) groups excluding carboxylic acids is 2. The molecule has 2 heterocycles. The molecular weight excluding hydrogens is 459 g/mol. The van der Waals surface area contributed by atoms with Gasteiger partial charge in [-0.15, -0.1) is 24.0 Å². The van der Waals surface area contributed by atoms with E-state index in [1.54, 1.807) is 7.05 Å². The number of hydrogen-bond donors (Lipinski definition) is 4. The first-order chi connectivity index (χ1) is 12.6. The Balaban J connectivity index is 0.00000261. The number of benzene rings is 1. The molecule has 146 valence electrons. The third kappa shape index (κ3) is 5.12. The fourth-order valence-corrected chi connectivity index (χ4v) is 3.01.